The summed E-state index contributed by atoms with van der Waals surface area (Å²) in [5.74, 6) is -1.14. The standard InChI is InChI=1S/C21H21NO6S/c1-27-21(24)15-9-7-14(8-10-15)11-12-22-20(23)19-17(13-29(2,25)26)16-5-3-4-6-18(16)28-19/h3-10H,11-13H2,1-2H3,(H,22,23). The van der Waals surface area contributed by atoms with E-state index in [9.17, 15) is 18.0 Å². The molecule has 0 fully saturated rings. The van der Waals surface area contributed by atoms with Crippen LogP contribution in [0.15, 0.2) is 52.9 Å². The lowest BCUT2D eigenvalue weighted by atomic mass is 10.1. The highest BCUT2D eigenvalue weighted by Gasteiger charge is 2.23. The second-order valence-electron chi connectivity index (χ2n) is 6.67. The Morgan fingerprint density at radius 1 is 1.07 bits per heavy atom. The van der Waals surface area contributed by atoms with E-state index in [0.717, 1.165) is 11.8 Å². The van der Waals surface area contributed by atoms with Gasteiger partial charge in [-0.3, -0.25) is 4.79 Å². The number of furan rings is 1. The molecule has 0 bridgehead atoms. The molecule has 0 atom stereocenters. The first kappa shape index (κ1) is 20.6. The Morgan fingerprint density at radius 3 is 2.41 bits per heavy atom. The molecule has 0 saturated carbocycles. The van der Waals surface area contributed by atoms with E-state index in [4.69, 9.17) is 4.42 Å². The van der Waals surface area contributed by atoms with Crippen molar-refractivity contribution in [1.29, 1.82) is 0 Å². The van der Waals surface area contributed by atoms with Gasteiger partial charge in [-0.25, -0.2) is 13.2 Å². The number of para-hydroxylation sites is 1. The smallest absolute Gasteiger partial charge is 0.337 e. The summed E-state index contributed by atoms with van der Waals surface area (Å²) in [5, 5.41) is 3.38. The van der Waals surface area contributed by atoms with E-state index in [1.54, 1.807) is 48.5 Å². The predicted octanol–water partition coefficient (Wildman–Crippen LogP) is 2.74. The summed E-state index contributed by atoms with van der Waals surface area (Å²) < 4.78 is 33.9. The van der Waals surface area contributed by atoms with Gasteiger partial charge in [0, 0.05) is 23.8 Å². The van der Waals surface area contributed by atoms with E-state index in [2.05, 4.69) is 10.1 Å². The first-order chi connectivity index (χ1) is 13.8. The number of esters is 1. The molecule has 0 spiro atoms. The van der Waals surface area contributed by atoms with Crippen LogP contribution < -0.4 is 5.32 Å². The summed E-state index contributed by atoms with van der Waals surface area (Å²) in [5.41, 5.74) is 2.21. The molecule has 0 aliphatic carbocycles. The van der Waals surface area contributed by atoms with Gasteiger partial charge in [-0.1, -0.05) is 30.3 Å². The molecule has 1 heterocycles. The summed E-state index contributed by atoms with van der Waals surface area (Å²) in [6.45, 7) is 0.325. The molecule has 8 heteroatoms. The van der Waals surface area contributed by atoms with E-state index in [1.807, 2.05) is 0 Å². The molecule has 0 radical (unpaired) electrons. The highest BCUT2D eigenvalue weighted by atomic mass is 32.2. The molecular formula is C21H21NO6S. The molecule has 1 amide bonds. The Kier molecular flexibility index (Phi) is 6.03. The fourth-order valence-electron chi connectivity index (χ4n) is 3.01. The minimum Gasteiger partial charge on any atom is -0.465 e. The van der Waals surface area contributed by atoms with E-state index < -0.39 is 21.7 Å². The van der Waals surface area contributed by atoms with Gasteiger partial charge in [-0.2, -0.15) is 0 Å². The Hall–Kier alpha value is -3.13. The highest BCUT2D eigenvalue weighted by molar-refractivity contribution is 7.89. The molecule has 0 aliphatic rings. The van der Waals surface area contributed by atoms with Gasteiger partial charge in [0.15, 0.2) is 15.6 Å². The molecule has 1 N–H and O–H groups in total. The number of benzene rings is 2. The normalized spacial score (nSPS) is 11.4. The number of nitrogens with one attached hydrogen (secondary N) is 1. The molecule has 0 aliphatic heterocycles. The number of carbonyl (C=O) groups is 2. The van der Waals surface area contributed by atoms with E-state index in [-0.39, 0.29) is 11.5 Å². The van der Waals surface area contributed by atoms with Crippen molar-refractivity contribution in [2.75, 3.05) is 19.9 Å². The quantitative estimate of drug-likeness (QED) is 0.595. The van der Waals surface area contributed by atoms with Gasteiger partial charge in [0.2, 0.25) is 0 Å². The zero-order chi connectivity index (χ0) is 21.0. The topological polar surface area (TPSA) is 103 Å². The van der Waals surface area contributed by atoms with Crippen LogP contribution in [0, 0.1) is 0 Å². The monoisotopic (exact) mass is 415 g/mol. The minimum absolute atomic E-state index is 0.0117. The molecule has 2 aromatic carbocycles. The molecule has 152 valence electrons. The maximum Gasteiger partial charge on any atom is 0.337 e. The van der Waals surface area contributed by atoms with Crippen LogP contribution in [0.3, 0.4) is 0 Å². The maximum absolute atomic E-state index is 12.6. The van der Waals surface area contributed by atoms with Crippen LogP contribution in [0.5, 0.6) is 0 Å². The van der Waals surface area contributed by atoms with Crippen LogP contribution in [0.2, 0.25) is 0 Å². The number of ether oxygens (including phenoxy) is 1. The lowest BCUT2D eigenvalue weighted by molar-refractivity contribution is 0.0600. The van der Waals surface area contributed by atoms with Crippen LogP contribution >= 0.6 is 0 Å². The minimum atomic E-state index is -3.35. The van der Waals surface area contributed by atoms with Gasteiger partial charge in [-0.05, 0) is 30.2 Å². The molecule has 29 heavy (non-hydrogen) atoms. The van der Waals surface area contributed by atoms with Crippen LogP contribution in [-0.2, 0) is 26.7 Å². The summed E-state index contributed by atoms with van der Waals surface area (Å²) >= 11 is 0. The molecule has 0 saturated heterocycles. The maximum atomic E-state index is 12.6. The highest BCUT2D eigenvalue weighted by Crippen LogP contribution is 2.27. The van der Waals surface area contributed by atoms with Crippen molar-refractivity contribution in [2.45, 2.75) is 12.2 Å². The number of sulfone groups is 1. The van der Waals surface area contributed by atoms with Crippen molar-refractivity contribution in [3.63, 3.8) is 0 Å². The summed E-state index contributed by atoms with van der Waals surface area (Å²) in [4.78, 5) is 24.1. The number of rotatable bonds is 7. The SMILES string of the molecule is COC(=O)c1ccc(CCNC(=O)c2oc3ccccc3c2CS(C)(=O)=O)cc1. The van der Waals surface area contributed by atoms with Gasteiger partial charge in [-0.15, -0.1) is 0 Å². The third-order valence-corrected chi connectivity index (χ3v) is 5.20. The fourth-order valence-corrected chi connectivity index (χ4v) is 3.82. The van der Waals surface area contributed by atoms with Crippen molar-refractivity contribution < 1.29 is 27.2 Å². The molecule has 7 nitrogen and oxygen atoms in total. The Bertz CT molecular complexity index is 1150. The third kappa shape index (κ3) is 5.03. The first-order valence-electron chi connectivity index (χ1n) is 8.92. The Labute approximate surface area is 168 Å². The molecule has 3 aromatic rings. The lowest BCUT2D eigenvalue weighted by Crippen LogP contribution is -2.26. The summed E-state index contributed by atoms with van der Waals surface area (Å²) in [6, 6.07) is 13.8. The van der Waals surface area contributed by atoms with Gasteiger partial charge >= 0.3 is 5.97 Å². The number of fused-ring (bicyclic) bond motifs is 1. The lowest BCUT2D eigenvalue weighted by Gasteiger charge is -2.06. The summed E-state index contributed by atoms with van der Waals surface area (Å²) in [7, 11) is -2.03. The fraction of sp³-hybridized carbons (Fsp3) is 0.238. The molecule has 1 aromatic heterocycles. The Morgan fingerprint density at radius 2 is 1.76 bits per heavy atom. The average Bonchev–Trinajstić information content (AvgIpc) is 3.05. The first-order valence-corrected chi connectivity index (χ1v) is 11.0. The van der Waals surface area contributed by atoms with Crippen LogP contribution in [0.4, 0.5) is 0 Å². The summed E-state index contributed by atoms with van der Waals surface area (Å²) in [6.07, 6.45) is 1.66. The van der Waals surface area contributed by atoms with E-state index >= 15 is 0 Å². The largest absolute Gasteiger partial charge is 0.465 e. The van der Waals surface area contributed by atoms with Crippen LogP contribution in [0.25, 0.3) is 11.0 Å². The zero-order valence-corrected chi connectivity index (χ0v) is 16.9. The van der Waals surface area contributed by atoms with Gasteiger partial charge < -0.3 is 14.5 Å². The van der Waals surface area contributed by atoms with E-state index in [0.29, 0.717) is 35.1 Å². The van der Waals surface area contributed by atoms with Crippen molar-refractivity contribution >= 4 is 32.7 Å². The number of hydrogen-bond acceptors (Lipinski definition) is 6. The van der Waals surface area contributed by atoms with Crippen molar-refractivity contribution in [3.8, 4) is 0 Å². The average molecular weight is 415 g/mol. The number of carbonyl (C=O) groups excluding carboxylic acids is 2. The second kappa shape index (κ2) is 8.48. The molecule has 3 rings (SSSR count). The van der Waals surface area contributed by atoms with Crippen molar-refractivity contribution in [2.24, 2.45) is 0 Å². The van der Waals surface area contributed by atoms with Gasteiger partial charge in [0.25, 0.3) is 5.91 Å². The van der Waals surface area contributed by atoms with Crippen molar-refractivity contribution in [3.05, 3.63) is 71.0 Å². The van der Waals surface area contributed by atoms with Crippen LogP contribution in [0.1, 0.15) is 32.0 Å². The van der Waals surface area contributed by atoms with E-state index in [1.165, 1.54) is 7.11 Å². The van der Waals surface area contributed by atoms with Crippen molar-refractivity contribution in [1.82, 2.24) is 5.32 Å². The van der Waals surface area contributed by atoms with Gasteiger partial charge in [0.1, 0.15) is 5.58 Å². The predicted molar refractivity (Wildman–Crippen MR) is 109 cm³/mol. The number of hydrogen-bond donors (Lipinski definition) is 1. The third-order valence-electron chi connectivity index (χ3n) is 4.39. The molecular weight excluding hydrogens is 394 g/mol. The Balaban J connectivity index is 1.71. The van der Waals surface area contributed by atoms with Gasteiger partial charge in [0.05, 0.1) is 18.4 Å². The molecule has 0 unspecified atom stereocenters. The number of amides is 1. The zero-order valence-electron chi connectivity index (χ0n) is 16.1. The second-order valence-corrected chi connectivity index (χ2v) is 8.81. The number of methoxy groups -OCH3 is 1. The van der Waals surface area contributed by atoms with Crippen LogP contribution in [-0.4, -0.2) is 40.2 Å².